The average molecular weight is 254 g/mol. The van der Waals surface area contributed by atoms with E-state index in [4.69, 9.17) is 9.84 Å². The molecule has 2 rings (SSSR count). The van der Waals surface area contributed by atoms with E-state index in [2.05, 4.69) is 0 Å². The van der Waals surface area contributed by atoms with Crippen LogP contribution < -0.4 is 4.74 Å². The fraction of sp³-hybridized carbons (Fsp3) is 0.0625. The van der Waals surface area contributed by atoms with Gasteiger partial charge in [-0.05, 0) is 30.7 Å². The Bertz CT molecular complexity index is 615. The van der Waals surface area contributed by atoms with Gasteiger partial charge >= 0.3 is 5.97 Å². The van der Waals surface area contributed by atoms with Crippen molar-refractivity contribution in [1.82, 2.24) is 0 Å². The standard InChI is InChI=1S/C16H14O3/c1-12-6-2-4-8-14(12)19-15-9-5-3-7-13(15)10-11-16(17)18/h2-11H,1H3,(H,17,18)/b11-10+. The summed E-state index contributed by atoms with van der Waals surface area (Å²) in [5.41, 5.74) is 1.76. The molecule has 3 heteroatoms. The van der Waals surface area contributed by atoms with Crippen molar-refractivity contribution in [2.24, 2.45) is 0 Å². The summed E-state index contributed by atoms with van der Waals surface area (Å²) in [5.74, 6) is 0.415. The number of carboxylic acid groups (broad SMARTS) is 1. The van der Waals surface area contributed by atoms with Crippen molar-refractivity contribution in [3.05, 3.63) is 65.7 Å². The van der Waals surface area contributed by atoms with Crippen LogP contribution in [0.4, 0.5) is 0 Å². The molecule has 0 fully saturated rings. The van der Waals surface area contributed by atoms with Gasteiger partial charge in [-0.1, -0.05) is 36.4 Å². The second-order valence-corrected chi connectivity index (χ2v) is 4.08. The van der Waals surface area contributed by atoms with Crippen LogP contribution in [0, 0.1) is 6.92 Å². The molecule has 0 bridgehead atoms. The first-order valence-electron chi connectivity index (χ1n) is 5.90. The van der Waals surface area contributed by atoms with E-state index in [0.29, 0.717) is 5.75 Å². The van der Waals surface area contributed by atoms with Gasteiger partial charge in [0.05, 0.1) is 0 Å². The first kappa shape index (κ1) is 12.9. The number of rotatable bonds is 4. The lowest BCUT2D eigenvalue weighted by molar-refractivity contribution is -0.131. The lowest BCUT2D eigenvalue weighted by Crippen LogP contribution is -1.91. The molecule has 0 radical (unpaired) electrons. The molecule has 2 aromatic carbocycles. The van der Waals surface area contributed by atoms with Gasteiger partial charge in [0.1, 0.15) is 11.5 Å². The SMILES string of the molecule is Cc1ccccc1Oc1ccccc1/C=C/C(=O)O. The summed E-state index contributed by atoms with van der Waals surface area (Å²) in [6.45, 7) is 1.96. The summed E-state index contributed by atoms with van der Waals surface area (Å²) in [4.78, 5) is 10.6. The number of para-hydroxylation sites is 2. The molecule has 0 heterocycles. The number of aryl methyl sites for hydroxylation is 1. The van der Waals surface area contributed by atoms with Gasteiger partial charge in [-0.25, -0.2) is 4.79 Å². The molecule has 0 saturated heterocycles. The van der Waals surface area contributed by atoms with E-state index >= 15 is 0 Å². The molecule has 1 N–H and O–H groups in total. The van der Waals surface area contributed by atoms with Crippen LogP contribution in [0.25, 0.3) is 6.08 Å². The quantitative estimate of drug-likeness (QED) is 0.842. The van der Waals surface area contributed by atoms with Crippen LogP contribution in [0.15, 0.2) is 54.6 Å². The van der Waals surface area contributed by atoms with Crippen molar-refractivity contribution < 1.29 is 14.6 Å². The van der Waals surface area contributed by atoms with Crippen LogP contribution in [0.5, 0.6) is 11.5 Å². The highest BCUT2D eigenvalue weighted by molar-refractivity contribution is 5.85. The number of carbonyl (C=O) groups is 1. The maximum absolute atomic E-state index is 10.6. The van der Waals surface area contributed by atoms with Crippen molar-refractivity contribution in [1.29, 1.82) is 0 Å². The van der Waals surface area contributed by atoms with Crippen LogP contribution in [-0.2, 0) is 4.79 Å². The highest BCUT2D eigenvalue weighted by atomic mass is 16.5. The summed E-state index contributed by atoms with van der Waals surface area (Å²) >= 11 is 0. The van der Waals surface area contributed by atoms with Gasteiger partial charge in [-0.2, -0.15) is 0 Å². The van der Waals surface area contributed by atoms with Gasteiger partial charge < -0.3 is 9.84 Å². The first-order valence-corrected chi connectivity index (χ1v) is 5.90. The Kier molecular flexibility index (Phi) is 3.98. The van der Waals surface area contributed by atoms with Crippen molar-refractivity contribution in [2.45, 2.75) is 6.92 Å². The summed E-state index contributed by atoms with van der Waals surface area (Å²) in [6, 6.07) is 15.0. The maximum atomic E-state index is 10.6. The van der Waals surface area contributed by atoms with E-state index in [9.17, 15) is 4.79 Å². The zero-order valence-electron chi connectivity index (χ0n) is 10.5. The van der Waals surface area contributed by atoms with E-state index < -0.39 is 5.97 Å². The van der Waals surface area contributed by atoms with E-state index in [-0.39, 0.29) is 0 Å². The Hall–Kier alpha value is -2.55. The molecule has 0 aliphatic carbocycles. The van der Waals surface area contributed by atoms with E-state index in [1.807, 2.05) is 55.5 Å². The molecule has 0 spiro atoms. The number of aliphatic carboxylic acids is 1. The number of benzene rings is 2. The van der Waals surface area contributed by atoms with Crippen LogP contribution in [0.2, 0.25) is 0 Å². The Morgan fingerprint density at radius 3 is 2.37 bits per heavy atom. The lowest BCUT2D eigenvalue weighted by atomic mass is 10.1. The van der Waals surface area contributed by atoms with Gasteiger partial charge in [-0.15, -0.1) is 0 Å². The maximum Gasteiger partial charge on any atom is 0.328 e. The largest absolute Gasteiger partial charge is 0.478 e. The second kappa shape index (κ2) is 5.87. The second-order valence-electron chi connectivity index (χ2n) is 4.08. The summed E-state index contributed by atoms with van der Waals surface area (Å²) < 4.78 is 5.83. The molecule has 0 saturated carbocycles. The molecule has 2 aromatic rings. The molecule has 0 aromatic heterocycles. The minimum absolute atomic E-state index is 0.634. The number of ether oxygens (including phenoxy) is 1. The van der Waals surface area contributed by atoms with Crippen LogP contribution in [0.3, 0.4) is 0 Å². The molecular formula is C16H14O3. The fourth-order valence-electron chi connectivity index (χ4n) is 1.66. The van der Waals surface area contributed by atoms with E-state index in [1.54, 1.807) is 0 Å². The Morgan fingerprint density at radius 2 is 1.68 bits per heavy atom. The minimum Gasteiger partial charge on any atom is -0.478 e. The Labute approximate surface area is 111 Å². The van der Waals surface area contributed by atoms with Gasteiger partial charge in [-0.3, -0.25) is 0 Å². The van der Waals surface area contributed by atoms with Gasteiger partial charge in [0, 0.05) is 11.6 Å². The molecule has 0 atom stereocenters. The van der Waals surface area contributed by atoms with Crippen LogP contribution in [0.1, 0.15) is 11.1 Å². The molecule has 96 valence electrons. The first-order chi connectivity index (χ1) is 9.16. The molecule has 3 nitrogen and oxygen atoms in total. The van der Waals surface area contributed by atoms with Crippen LogP contribution in [-0.4, -0.2) is 11.1 Å². The fourth-order valence-corrected chi connectivity index (χ4v) is 1.66. The smallest absolute Gasteiger partial charge is 0.328 e. The molecule has 0 amide bonds. The predicted octanol–water partition coefficient (Wildman–Crippen LogP) is 3.89. The van der Waals surface area contributed by atoms with Crippen LogP contribution >= 0.6 is 0 Å². The Balaban J connectivity index is 2.30. The third-order valence-corrected chi connectivity index (χ3v) is 2.64. The summed E-state index contributed by atoms with van der Waals surface area (Å²) in [7, 11) is 0. The number of hydrogen-bond donors (Lipinski definition) is 1. The van der Waals surface area contributed by atoms with Crippen molar-refractivity contribution >= 4 is 12.0 Å². The topological polar surface area (TPSA) is 46.5 Å². The number of carboxylic acids is 1. The summed E-state index contributed by atoms with van der Waals surface area (Å²) in [5, 5.41) is 8.67. The van der Waals surface area contributed by atoms with Crippen molar-refractivity contribution in [3.63, 3.8) is 0 Å². The molecule has 19 heavy (non-hydrogen) atoms. The highest BCUT2D eigenvalue weighted by Gasteiger charge is 2.04. The predicted molar refractivity (Wildman–Crippen MR) is 74.4 cm³/mol. The highest BCUT2D eigenvalue weighted by Crippen LogP contribution is 2.28. The summed E-state index contributed by atoms with van der Waals surface area (Å²) in [6.07, 6.45) is 2.62. The number of hydrogen-bond acceptors (Lipinski definition) is 2. The van der Waals surface area contributed by atoms with Crippen molar-refractivity contribution in [3.8, 4) is 11.5 Å². The average Bonchev–Trinajstić information content (AvgIpc) is 2.40. The zero-order chi connectivity index (χ0) is 13.7. The van der Waals surface area contributed by atoms with E-state index in [1.165, 1.54) is 6.08 Å². The zero-order valence-corrected chi connectivity index (χ0v) is 10.5. The third kappa shape index (κ3) is 3.45. The lowest BCUT2D eigenvalue weighted by Gasteiger charge is -2.10. The monoisotopic (exact) mass is 254 g/mol. The minimum atomic E-state index is -0.981. The molecule has 0 aliphatic heterocycles. The molecule has 0 aliphatic rings. The van der Waals surface area contributed by atoms with Crippen molar-refractivity contribution in [2.75, 3.05) is 0 Å². The molecular weight excluding hydrogens is 240 g/mol. The van der Waals surface area contributed by atoms with E-state index in [0.717, 1.165) is 23.0 Å². The van der Waals surface area contributed by atoms with Gasteiger partial charge in [0.15, 0.2) is 0 Å². The van der Waals surface area contributed by atoms with Gasteiger partial charge in [0.25, 0.3) is 0 Å². The van der Waals surface area contributed by atoms with Gasteiger partial charge in [0.2, 0.25) is 0 Å². The molecule has 0 unspecified atom stereocenters. The normalized spacial score (nSPS) is 10.6. The Morgan fingerprint density at radius 1 is 1.05 bits per heavy atom. The third-order valence-electron chi connectivity index (χ3n) is 2.64.